The Bertz CT molecular complexity index is 1030. The maximum atomic E-state index is 12.5. The summed E-state index contributed by atoms with van der Waals surface area (Å²) in [4.78, 5) is 23.9. The van der Waals surface area contributed by atoms with E-state index in [4.69, 9.17) is 4.74 Å². The highest BCUT2D eigenvalue weighted by atomic mass is 16.5. The van der Waals surface area contributed by atoms with E-state index >= 15 is 0 Å². The Balaban J connectivity index is 1.69. The van der Waals surface area contributed by atoms with Crippen molar-refractivity contribution in [2.24, 2.45) is 5.92 Å². The fourth-order valence-corrected chi connectivity index (χ4v) is 3.42. The fourth-order valence-electron chi connectivity index (χ4n) is 3.42. The summed E-state index contributed by atoms with van der Waals surface area (Å²) in [5.41, 5.74) is 3.75. The van der Waals surface area contributed by atoms with E-state index in [0.29, 0.717) is 19.0 Å². The molecule has 0 radical (unpaired) electrons. The van der Waals surface area contributed by atoms with Gasteiger partial charge in [-0.25, -0.2) is 4.68 Å². The predicted molar refractivity (Wildman–Crippen MR) is 109 cm³/mol. The molecule has 2 N–H and O–H groups in total. The number of benzene rings is 2. The van der Waals surface area contributed by atoms with Crippen molar-refractivity contribution in [3.8, 4) is 16.9 Å². The monoisotopic (exact) mass is 390 g/mol. The van der Waals surface area contributed by atoms with Crippen LogP contribution >= 0.6 is 0 Å². The molecule has 1 fully saturated rings. The summed E-state index contributed by atoms with van der Waals surface area (Å²) >= 11 is 0. The number of aromatic nitrogens is 2. The molecule has 0 saturated carbocycles. The van der Waals surface area contributed by atoms with Crippen molar-refractivity contribution in [2.75, 3.05) is 19.0 Å². The average Bonchev–Trinajstić information content (AvgIpc) is 3.36. The van der Waals surface area contributed by atoms with E-state index in [9.17, 15) is 9.59 Å². The third kappa shape index (κ3) is 4.20. The van der Waals surface area contributed by atoms with E-state index in [2.05, 4.69) is 15.7 Å². The van der Waals surface area contributed by atoms with Gasteiger partial charge in [-0.2, -0.15) is 0 Å². The number of methoxy groups -OCH3 is 1. The van der Waals surface area contributed by atoms with Crippen LogP contribution in [0.25, 0.3) is 16.9 Å². The summed E-state index contributed by atoms with van der Waals surface area (Å²) < 4.78 is 7.05. The SMILES string of the molecule is COCc1cccc(-c2cc(NC(=O)[C@@H]3CNC(=O)C3)nn2-c2ccccc2)c1. The van der Waals surface area contributed by atoms with E-state index in [1.807, 2.05) is 60.7 Å². The van der Waals surface area contributed by atoms with Gasteiger partial charge in [-0.15, -0.1) is 5.10 Å². The molecule has 7 nitrogen and oxygen atoms in total. The Morgan fingerprint density at radius 3 is 2.76 bits per heavy atom. The predicted octanol–water partition coefficient (Wildman–Crippen LogP) is 2.76. The molecule has 1 aliphatic heterocycles. The first-order valence-corrected chi connectivity index (χ1v) is 9.45. The molecule has 2 heterocycles. The lowest BCUT2D eigenvalue weighted by Gasteiger charge is -2.09. The number of hydrogen-bond donors (Lipinski definition) is 2. The van der Waals surface area contributed by atoms with Crippen LogP contribution < -0.4 is 10.6 Å². The van der Waals surface area contributed by atoms with Gasteiger partial charge in [-0.05, 0) is 23.8 Å². The number of nitrogens with zero attached hydrogens (tertiary/aromatic N) is 2. The van der Waals surface area contributed by atoms with Crippen molar-refractivity contribution in [1.29, 1.82) is 0 Å². The number of nitrogens with one attached hydrogen (secondary N) is 2. The molecule has 3 aromatic rings. The fraction of sp³-hybridized carbons (Fsp3) is 0.227. The second-order valence-electron chi connectivity index (χ2n) is 6.99. The quantitative estimate of drug-likeness (QED) is 0.678. The van der Waals surface area contributed by atoms with Crippen molar-refractivity contribution in [2.45, 2.75) is 13.0 Å². The summed E-state index contributed by atoms with van der Waals surface area (Å²) in [7, 11) is 1.66. The zero-order valence-corrected chi connectivity index (χ0v) is 16.1. The molecular weight excluding hydrogens is 368 g/mol. The minimum absolute atomic E-state index is 0.101. The number of rotatable bonds is 6. The number of anilines is 1. The molecule has 1 saturated heterocycles. The van der Waals surface area contributed by atoms with Gasteiger partial charge in [0.1, 0.15) is 0 Å². The largest absolute Gasteiger partial charge is 0.380 e. The molecule has 29 heavy (non-hydrogen) atoms. The highest BCUT2D eigenvalue weighted by molar-refractivity contribution is 5.97. The summed E-state index contributed by atoms with van der Waals surface area (Å²) in [6.07, 6.45) is 0.206. The molecule has 2 aromatic carbocycles. The van der Waals surface area contributed by atoms with E-state index in [0.717, 1.165) is 22.5 Å². The standard InChI is InChI=1S/C22H22N4O3/c1-29-14-15-6-5-7-16(10-15)19-12-20(24-22(28)17-11-21(27)23-13-17)25-26(19)18-8-3-2-4-9-18/h2-10,12,17H,11,13-14H2,1H3,(H,23,27)(H,24,25,28)/t17-/m0/s1. The first kappa shape index (κ1) is 18.9. The van der Waals surface area contributed by atoms with Crippen LogP contribution in [0.3, 0.4) is 0 Å². The Labute approximate surface area is 168 Å². The molecule has 0 bridgehead atoms. The zero-order chi connectivity index (χ0) is 20.2. The minimum atomic E-state index is -0.377. The smallest absolute Gasteiger partial charge is 0.230 e. The van der Waals surface area contributed by atoms with Crippen LogP contribution in [0.2, 0.25) is 0 Å². The van der Waals surface area contributed by atoms with Crippen LogP contribution in [0, 0.1) is 5.92 Å². The van der Waals surface area contributed by atoms with Gasteiger partial charge in [-0.1, -0.05) is 36.4 Å². The van der Waals surface area contributed by atoms with E-state index in [-0.39, 0.29) is 24.2 Å². The highest BCUT2D eigenvalue weighted by Crippen LogP contribution is 2.27. The lowest BCUT2D eigenvalue weighted by Crippen LogP contribution is -2.24. The summed E-state index contributed by atoms with van der Waals surface area (Å²) in [6.45, 7) is 0.871. The molecular formula is C22H22N4O3. The maximum Gasteiger partial charge on any atom is 0.230 e. The van der Waals surface area contributed by atoms with Gasteiger partial charge < -0.3 is 15.4 Å². The van der Waals surface area contributed by atoms with Gasteiger partial charge in [0, 0.05) is 31.7 Å². The van der Waals surface area contributed by atoms with Crippen molar-refractivity contribution in [3.63, 3.8) is 0 Å². The van der Waals surface area contributed by atoms with E-state index < -0.39 is 0 Å². The zero-order valence-electron chi connectivity index (χ0n) is 16.1. The van der Waals surface area contributed by atoms with Gasteiger partial charge in [-0.3, -0.25) is 9.59 Å². The first-order chi connectivity index (χ1) is 14.1. The average molecular weight is 390 g/mol. The summed E-state index contributed by atoms with van der Waals surface area (Å²) in [6, 6.07) is 19.6. The lowest BCUT2D eigenvalue weighted by atomic mass is 10.1. The second-order valence-corrected chi connectivity index (χ2v) is 6.99. The van der Waals surface area contributed by atoms with Crippen molar-refractivity contribution >= 4 is 17.6 Å². The third-order valence-electron chi connectivity index (χ3n) is 4.84. The van der Waals surface area contributed by atoms with Gasteiger partial charge in [0.05, 0.1) is 23.9 Å². The Hall–Kier alpha value is -3.45. The Kier molecular flexibility index (Phi) is 5.39. The minimum Gasteiger partial charge on any atom is -0.380 e. The molecule has 1 aromatic heterocycles. The first-order valence-electron chi connectivity index (χ1n) is 9.45. The van der Waals surface area contributed by atoms with Crippen molar-refractivity contribution in [3.05, 3.63) is 66.2 Å². The van der Waals surface area contributed by atoms with Crippen LogP contribution in [0.5, 0.6) is 0 Å². The van der Waals surface area contributed by atoms with Gasteiger partial charge in [0.2, 0.25) is 11.8 Å². The second kappa shape index (κ2) is 8.28. The number of amides is 2. The van der Waals surface area contributed by atoms with E-state index in [1.54, 1.807) is 11.8 Å². The Morgan fingerprint density at radius 2 is 2.03 bits per heavy atom. The summed E-state index contributed by atoms with van der Waals surface area (Å²) in [5.74, 6) is -0.237. The number of hydrogen-bond acceptors (Lipinski definition) is 4. The van der Waals surface area contributed by atoms with Crippen LogP contribution in [-0.4, -0.2) is 35.2 Å². The van der Waals surface area contributed by atoms with Crippen LogP contribution in [-0.2, 0) is 20.9 Å². The molecule has 148 valence electrons. The van der Waals surface area contributed by atoms with Gasteiger partial charge >= 0.3 is 0 Å². The normalized spacial score (nSPS) is 15.9. The third-order valence-corrected chi connectivity index (χ3v) is 4.84. The molecule has 1 aliphatic rings. The topological polar surface area (TPSA) is 85.2 Å². The molecule has 2 amide bonds. The van der Waals surface area contributed by atoms with Crippen LogP contribution in [0.1, 0.15) is 12.0 Å². The molecule has 1 atom stereocenters. The van der Waals surface area contributed by atoms with E-state index in [1.165, 1.54) is 0 Å². The molecule has 0 unspecified atom stereocenters. The maximum absolute atomic E-state index is 12.5. The molecule has 0 spiro atoms. The van der Waals surface area contributed by atoms with Crippen LogP contribution in [0.15, 0.2) is 60.7 Å². The summed E-state index contributed by atoms with van der Waals surface area (Å²) in [5, 5.41) is 10.2. The number of ether oxygens (including phenoxy) is 1. The molecule has 0 aliphatic carbocycles. The van der Waals surface area contributed by atoms with Crippen LogP contribution in [0.4, 0.5) is 5.82 Å². The highest BCUT2D eigenvalue weighted by Gasteiger charge is 2.28. The van der Waals surface area contributed by atoms with Gasteiger partial charge in [0.15, 0.2) is 5.82 Å². The molecule has 4 rings (SSSR count). The molecule has 7 heteroatoms. The van der Waals surface area contributed by atoms with Crippen molar-refractivity contribution in [1.82, 2.24) is 15.1 Å². The van der Waals surface area contributed by atoms with Crippen molar-refractivity contribution < 1.29 is 14.3 Å². The number of para-hydroxylation sites is 1. The Morgan fingerprint density at radius 1 is 1.21 bits per heavy atom. The number of carbonyl (C=O) groups excluding carboxylic acids is 2. The number of carbonyl (C=O) groups is 2. The lowest BCUT2D eigenvalue weighted by molar-refractivity contribution is -0.123. The van der Waals surface area contributed by atoms with Gasteiger partial charge in [0.25, 0.3) is 0 Å².